The number of hydrogen-bond acceptors (Lipinski definition) is 5. The first kappa shape index (κ1) is 19.6. The first-order chi connectivity index (χ1) is 15.1. The molecule has 0 saturated carbocycles. The third-order valence-electron chi connectivity index (χ3n) is 6.20. The normalized spacial score (nSPS) is 16.4. The summed E-state index contributed by atoms with van der Waals surface area (Å²) in [6.07, 6.45) is 3.33. The average molecular weight is 419 g/mol. The van der Waals surface area contributed by atoms with Crippen LogP contribution in [0.25, 0.3) is 11.3 Å². The number of para-hydroxylation sites is 1. The Balaban J connectivity index is 1.34. The average Bonchev–Trinajstić information content (AvgIpc) is 3.21. The standard InChI is InChI=1S/C24H25N3O4/c1-26-22-19-4-2-3-5-21(19)31-24(20(22)16-25-26)10-12-27(13-11-24)23(29)17-6-8-18(9-7-17)30-15-14-28/h2-9,16,28H,10-15H2,1H3. The summed E-state index contributed by atoms with van der Waals surface area (Å²) in [5, 5.41) is 13.4. The van der Waals surface area contributed by atoms with Gasteiger partial charge < -0.3 is 19.5 Å². The van der Waals surface area contributed by atoms with Crippen LogP contribution in [0.3, 0.4) is 0 Å². The highest BCUT2D eigenvalue weighted by atomic mass is 16.5. The number of carbonyl (C=O) groups is 1. The topological polar surface area (TPSA) is 76.8 Å². The molecule has 1 N–H and O–H groups in total. The number of fused-ring (bicyclic) bond motifs is 4. The molecular formula is C24H25N3O4. The molecule has 2 aliphatic heterocycles. The van der Waals surface area contributed by atoms with Crippen LogP contribution in [0.2, 0.25) is 0 Å². The number of likely N-dealkylation sites (tertiary alicyclic amines) is 1. The van der Waals surface area contributed by atoms with Gasteiger partial charge in [0.25, 0.3) is 5.91 Å². The quantitative estimate of drug-likeness (QED) is 0.704. The number of benzene rings is 2. The van der Waals surface area contributed by atoms with Crippen LogP contribution in [0.5, 0.6) is 11.5 Å². The highest BCUT2D eigenvalue weighted by Gasteiger charge is 2.45. The predicted molar refractivity (Wildman–Crippen MR) is 115 cm³/mol. The van der Waals surface area contributed by atoms with Crippen LogP contribution >= 0.6 is 0 Å². The van der Waals surface area contributed by atoms with Crippen molar-refractivity contribution >= 4 is 5.91 Å². The summed E-state index contributed by atoms with van der Waals surface area (Å²) < 4.78 is 13.8. The maximum Gasteiger partial charge on any atom is 0.253 e. The molecule has 0 radical (unpaired) electrons. The third kappa shape index (κ3) is 3.35. The molecule has 0 atom stereocenters. The van der Waals surface area contributed by atoms with E-state index in [9.17, 15) is 4.79 Å². The van der Waals surface area contributed by atoms with Crippen molar-refractivity contribution in [2.45, 2.75) is 18.4 Å². The van der Waals surface area contributed by atoms with Gasteiger partial charge in [0.2, 0.25) is 0 Å². The van der Waals surface area contributed by atoms with Gasteiger partial charge in [0, 0.05) is 49.7 Å². The molecule has 0 bridgehead atoms. The number of hydrogen-bond donors (Lipinski definition) is 1. The van der Waals surface area contributed by atoms with Gasteiger partial charge in [-0.25, -0.2) is 0 Å². The van der Waals surface area contributed by atoms with Gasteiger partial charge in [-0.3, -0.25) is 9.48 Å². The Labute approximate surface area is 180 Å². The van der Waals surface area contributed by atoms with Gasteiger partial charge in [-0.2, -0.15) is 5.10 Å². The number of aromatic nitrogens is 2. The lowest BCUT2D eigenvalue weighted by molar-refractivity contribution is -0.00172. The fraction of sp³-hybridized carbons (Fsp3) is 0.333. The molecule has 3 heterocycles. The molecule has 160 valence electrons. The molecule has 1 saturated heterocycles. The largest absolute Gasteiger partial charge is 0.491 e. The molecule has 3 aromatic rings. The van der Waals surface area contributed by atoms with Gasteiger partial charge in [0.05, 0.1) is 18.5 Å². The summed E-state index contributed by atoms with van der Waals surface area (Å²) in [6.45, 7) is 1.42. The summed E-state index contributed by atoms with van der Waals surface area (Å²) in [6, 6.07) is 15.1. The summed E-state index contributed by atoms with van der Waals surface area (Å²) in [5.41, 5.74) is 3.43. The number of aliphatic hydroxyl groups is 1. The molecule has 0 unspecified atom stereocenters. The maximum atomic E-state index is 13.0. The lowest BCUT2D eigenvalue weighted by Crippen LogP contribution is -2.49. The zero-order chi connectivity index (χ0) is 21.4. The van der Waals surface area contributed by atoms with Gasteiger partial charge >= 0.3 is 0 Å². The second-order valence-corrected chi connectivity index (χ2v) is 8.01. The molecule has 1 fully saturated rings. The molecule has 1 aromatic heterocycles. The van der Waals surface area contributed by atoms with Crippen molar-refractivity contribution in [2.24, 2.45) is 7.05 Å². The van der Waals surface area contributed by atoms with Crippen LogP contribution in [-0.2, 0) is 12.6 Å². The number of nitrogens with zero attached hydrogens (tertiary/aromatic N) is 3. The van der Waals surface area contributed by atoms with Crippen molar-refractivity contribution in [3.63, 3.8) is 0 Å². The molecule has 5 rings (SSSR count). The van der Waals surface area contributed by atoms with Gasteiger partial charge in [-0.05, 0) is 36.4 Å². The number of amides is 1. The molecule has 31 heavy (non-hydrogen) atoms. The Hall–Kier alpha value is -3.32. The van der Waals surface area contributed by atoms with E-state index in [1.165, 1.54) is 0 Å². The van der Waals surface area contributed by atoms with E-state index in [2.05, 4.69) is 11.2 Å². The van der Waals surface area contributed by atoms with Crippen LogP contribution in [0.4, 0.5) is 0 Å². The Morgan fingerprint density at radius 2 is 1.90 bits per heavy atom. The van der Waals surface area contributed by atoms with E-state index in [1.54, 1.807) is 24.3 Å². The monoisotopic (exact) mass is 419 g/mol. The van der Waals surface area contributed by atoms with Crippen LogP contribution < -0.4 is 9.47 Å². The molecule has 1 spiro atoms. The van der Waals surface area contributed by atoms with E-state index < -0.39 is 5.60 Å². The van der Waals surface area contributed by atoms with E-state index in [0.717, 1.165) is 22.6 Å². The first-order valence-corrected chi connectivity index (χ1v) is 10.6. The third-order valence-corrected chi connectivity index (χ3v) is 6.20. The fourth-order valence-corrected chi connectivity index (χ4v) is 4.59. The summed E-state index contributed by atoms with van der Waals surface area (Å²) in [7, 11) is 1.96. The van der Waals surface area contributed by atoms with Gasteiger partial charge in [-0.1, -0.05) is 12.1 Å². The Kier molecular flexibility index (Phi) is 4.90. The lowest BCUT2D eigenvalue weighted by Gasteiger charge is -2.44. The highest BCUT2D eigenvalue weighted by Crippen LogP contribution is 2.49. The summed E-state index contributed by atoms with van der Waals surface area (Å²) in [4.78, 5) is 14.9. The minimum absolute atomic E-state index is 0.00572. The zero-order valence-corrected chi connectivity index (χ0v) is 17.5. The minimum Gasteiger partial charge on any atom is -0.491 e. The van der Waals surface area contributed by atoms with Crippen molar-refractivity contribution in [2.75, 3.05) is 26.3 Å². The van der Waals surface area contributed by atoms with E-state index in [0.29, 0.717) is 37.2 Å². The SMILES string of the molecule is Cn1ncc2c1-c1ccccc1OC21CCN(C(=O)c2ccc(OCCO)cc2)CC1. The summed E-state index contributed by atoms with van der Waals surface area (Å²) in [5.74, 6) is 1.52. The number of rotatable bonds is 4. The highest BCUT2D eigenvalue weighted by molar-refractivity contribution is 5.94. The molecule has 7 heteroatoms. The summed E-state index contributed by atoms with van der Waals surface area (Å²) >= 11 is 0. The number of aryl methyl sites for hydroxylation is 1. The molecule has 0 aliphatic carbocycles. The minimum atomic E-state index is -0.462. The van der Waals surface area contributed by atoms with Crippen LogP contribution in [0, 0.1) is 0 Å². The smallest absolute Gasteiger partial charge is 0.253 e. The van der Waals surface area contributed by atoms with Crippen molar-refractivity contribution < 1.29 is 19.4 Å². The van der Waals surface area contributed by atoms with Crippen LogP contribution in [0.1, 0.15) is 28.8 Å². The van der Waals surface area contributed by atoms with Crippen LogP contribution in [0.15, 0.2) is 54.7 Å². The van der Waals surface area contributed by atoms with E-state index in [-0.39, 0.29) is 19.1 Å². The number of aliphatic hydroxyl groups excluding tert-OH is 1. The second kappa shape index (κ2) is 7.74. The Morgan fingerprint density at radius 1 is 1.16 bits per heavy atom. The van der Waals surface area contributed by atoms with E-state index in [4.69, 9.17) is 14.6 Å². The molecule has 2 aliphatic rings. The lowest BCUT2D eigenvalue weighted by atomic mass is 9.81. The fourth-order valence-electron chi connectivity index (χ4n) is 4.59. The van der Waals surface area contributed by atoms with Gasteiger partial charge in [0.15, 0.2) is 0 Å². The van der Waals surface area contributed by atoms with E-state index >= 15 is 0 Å². The van der Waals surface area contributed by atoms with Crippen molar-refractivity contribution in [3.05, 3.63) is 65.9 Å². The zero-order valence-electron chi connectivity index (χ0n) is 17.5. The number of piperidine rings is 1. The van der Waals surface area contributed by atoms with Crippen molar-refractivity contribution in [1.82, 2.24) is 14.7 Å². The van der Waals surface area contributed by atoms with Gasteiger partial charge in [0.1, 0.15) is 23.7 Å². The first-order valence-electron chi connectivity index (χ1n) is 10.6. The maximum absolute atomic E-state index is 13.0. The van der Waals surface area contributed by atoms with Crippen molar-refractivity contribution in [1.29, 1.82) is 0 Å². The molecule has 1 amide bonds. The Morgan fingerprint density at radius 3 is 2.65 bits per heavy atom. The van der Waals surface area contributed by atoms with Gasteiger partial charge in [-0.15, -0.1) is 0 Å². The number of ether oxygens (including phenoxy) is 2. The van der Waals surface area contributed by atoms with E-state index in [1.807, 2.05) is 41.0 Å². The number of carbonyl (C=O) groups excluding carboxylic acids is 1. The second-order valence-electron chi connectivity index (χ2n) is 8.01. The van der Waals surface area contributed by atoms with Crippen molar-refractivity contribution in [3.8, 4) is 22.8 Å². The molecule has 7 nitrogen and oxygen atoms in total. The predicted octanol–water partition coefficient (Wildman–Crippen LogP) is 2.98. The Bertz CT molecular complexity index is 1100. The van der Waals surface area contributed by atoms with Crippen LogP contribution in [-0.4, -0.2) is 52.0 Å². The molecule has 2 aromatic carbocycles. The molecular weight excluding hydrogens is 394 g/mol.